The van der Waals surface area contributed by atoms with E-state index in [1.54, 1.807) is 0 Å². The average molecular weight is 482 g/mol. The standard InChI is InChI=1S/C35H33N2/c1-21-16-28-27-13-12-25(24-10-8-7-9-11-24)19-29(27)37-30-18-23(20-35(3,4)5)17-26-14-15-36(6)34(32(26)30)31(22(21)2)33(28)37/h7-19H,20H2,1-6H3/q+1. The number of rotatable bonds is 2. The molecule has 0 bridgehead atoms. The van der Waals surface area contributed by atoms with Crippen molar-refractivity contribution in [2.24, 2.45) is 12.5 Å². The summed E-state index contributed by atoms with van der Waals surface area (Å²) in [6.07, 6.45) is 3.28. The van der Waals surface area contributed by atoms with Crippen molar-refractivity contribution in [3.05, 3.63) is 95.7 Å². The van der Waals surface area contributed by atoms with Crippen LogP contribution in [0, 0.1) is 19.3 Å². The molecule has 3 aromatic heterocycles. The quantitative estimate of drug-likeness (QED) is 0.133. The SMILES string of the molecule is Cc1cc2c3ccc(-c4ccccc4)cc3n3c4cc(CC(C)(C)C)cc5cc[n+](C)c(c(c1C)c23)c54. The van der Waals surface area contributed by atoms with Gasteiger partial charge in [-0.15, -0.1) is 0 Å². The molecule has 0 saturated heterocycles. The number of fused-ring (bicyclic) bond motifs is 5. The lowest BCUT2D eigenvalue weighted by Gasteiger charge is -2.20. The Morgan fingerprint density at radius 3 is 2.30 bits per heavy atom. The third kappa shape index (κ3) is 3.21. The Morgan fingerprint density at radius 1 is 0.757 bits per heavy atom. The van der Waals surface area contributed by atoms with Crippen LogP contribution in [0.25, 0.3) is 60.1 Å². The van der Waals surface area contributed by atoms with Crippen LogP contribution in [0.15, 0.2) is 79.0 Å². The Balaban J connectivity index is 1.76. The van der Waals surface area contributed by atoms with Gasteiger partial charge in [-0.25, -0.2) is 4.57 Å². The fraction of sp³-hybridized carbons (Fsp3) is 0.229. The van der Waals surface area contributed by atoms with E-state index in [9.17, 15) is 0 Å². The van der Waals surface area contributed by atoms with E-state index in [-0.39, 0.29) is 5.41 Å². The zero-order valence-electron chi connectivity index (χ0n) is 22.6. The molecule has 0 spiro atoms. The lowest BCUT2D eigenvalue weighted by molar-refractivity contribution is -0.643. The van der Waals surface area contributed by atoms with Crippen LogP contribution >= 0.6 is 0 Å². The van der Waals surface area contributed by atoms with Crippen molar-refractivity contribution >= 4 is 49.0 Å². The largest absolute Gasteiger partial charge is 0.307 e. The summed E-state index contributed by atoms with van der Waals surface area (Å²) >= 11 is 0. The lowest BCUT2D eigenvalue weighted by Crippen LogP contribution is -2.29. The number of aryl methyl sites for hydroxylation is 3. The highest BCUT2D eigenvalue weighted by Crippen LogP contribution is 2.43. The molecule has 2 heteroatoms. The first-order valence-corrected chi connectivity index (χ1v) is 13.3. The van der Waals surface area contributed by atoms with Gasteiger partial charge in [0, 0.05) is 16.8 Å². The summed E-state index contributed by atoms with van der Waals surface area (Å²) in [5, 5.41) is 6.72. The average Bonchev–Trinajstić information content (AvgIpc) is 3.18. The zero-order chi connectivity index (χ0) is 25.6. The molecule has 2 nitrogen and oxygen atoms in total. The van der Waals surface area contributed by atoms with Crippen molar-refractivity contribution < 1.29 is 4.57 Å². The third-order valence-corrected chi connectivity index (χ3v) is 8.17. The number of benzene rings is 4. The molecule has 37 heavy (non-hydrogen) atoms. The molecular formula is C35H33N2+. The van der Waals surface area contributed by atoms with Gasteiger partial charge in [-0.1, -0.05) is 69.3 Å². The molecule has 7 rings (SSSR count). The van der Waals surface area contributed by atoms with E-state index in [4.69, 9.17) is 0 Å². The highest BCUT2D eigenvalue weighted by Gasteiger charge is 2.25. The molecule has 0 aliphatic carbocycles. The summed E-state index contributed by atoms with van der Waals surface area (Å²) in [4.78, 5) is 0. The number of hydrogen-bond acceptors (Lipinski definition) is 0. The fourth-order valence-electron chi connectivity index (χ4n) is 6.49. The maximum Gasteiger partial charge on any atom is 0.224 e. The summed E-state index contributed by atoms with van der Waals surface area (Å²) in [5.41, 5.74) is 12.1. The Hall–Kier alpha value is -3.91. The summed E-state index contributed by atoms with van der Waals surface area (Å²) in [5.74, 6) is 0. The molecule has 0 radical (unpaired) electrons. The van der Waals surface area contributed by atoms with Crippen LogP contribution in [-0.2, 0) is 13.5 Å². The van der Waals surface area contributed by atoms with Crippen molar-refractivity contribution in [2.45, 2.75) is 41.0 Å². The molecule has 0 amide bonds. The van der Waals surface area contributed by atoms with E-state index in [1.165, 1.54) is 76.8 Å². The monoisotopic (exact) mass is 481 g/mol. The maximum absolute atomic E-state index is 2.57. The van der Waals surface area contributed by atoms with Crippen molar-refractivity contribution in [3.63, 3.8) is 0 Å². The lowest BCUT2D eigenvalue weighted by atomic mass is 9.87. The molecule has 3 heterocycles. The molecule has 0 aliphatic rings. The van der Waals surface area contributed by atoms with E-state index in [0.29, 0.717) is 0 Å². The van der Waals surface area contributed by atoms with Crippen molar-refractivity contribution in [1.82, 2.24) is 4.40 Å². The third-order valence-electron chi connectivity index (χ3n) is 8.17. The molecule has 0 unspecified atom stereocenters. The number of hydrogen-bond donors (Lipinski definition) is 0. The molecular weight excluding hydrogens is 448 g/mol. The Kier molecular flexibility index (Phi) is 4.55. The maximum atomic E-state index is 2.57. The predicted molar refractivity (Wildman–Crippen MR) is 158 cm³/mol. The summed E-state index contributed by atoms with van der Waals surface area (Å²) in [6, 6.07) is 27.3. The highest BCUT2D eigenvalue weighted by atomic mass is 15.0. The van der Waals surface area contributed by atoms with Gasteiger partial charge in [0.2, 0.25) is 5.52 Å². The highest BCUT2D eigenvalue weighted by molar-refractivity contribution is 6.26. The zero-order valence-corrected chi connectivity index (χ0v) is 22.6. The van der Waals surface area contributed by atoms with Crippen molar-refractivity contribution in [2.75, 3.05) is 0 Å². The van der Waals surface area contributed by atoms with Gasteiger partial charge in [0.15, 0.2) is 6.20 Å². The van der Waals surface area contributed by atoms with Crippen LogP contribution in [0.3, 0.4) is 0 Å². The van der Waals surface area contributed by atoms with Crippen molar-refractivity contribution in [1.29, 1.82) is 0 Å². The minimum absolute atomic E-state index is 0.220. The molecule has 7 aromatic rings. The van der Waals surface area contributed by atoms with E-state index in [2.05, 4.69) is 130 Å². The number of aromatic nitrogens is 2. The van der Waals surface area contributed by atoms with Gasteiger partial charge in [-0.2, -0.15) is 0 Å². The van der Waals surface area contributed by atoms with Gasteiger partial charge < -0.3 is 4.40 Å². The van der Waals surface area contributed by atoms with E-state index in [0.717, 1.165) is 6.42 Å². The Labute approximate surface area is 218 Å². The molecule has 182 valence electrons. The van der Waals surface area contributed by atoms with Gasteiger partial charge in [0.05, 0.1) is 27.3 Å². The second kappa shape index (κ2) is 7.55. The number of pyridine rings is 2. The van der Waals surface area contributed by atoms with Crippen LogP contribution in [0.2, 0.25) is 0 Å². The van der Waals surface area contributed by atoms with Gasteiger partial charge >= 0.3 is 0 Å². The first-order valence-electron chi connectivity index (χ1n) is 13.3. The normalized spacial score (nSPS) is 12.7. The minimum Gasteiger partial charge on any atom is -0.307 e. The van der Waals surface area contributed by atoms with Crippen LogP contribution in [0.5, 0.6) is 0 Å². The Morgan fingerprint density at radius 2 is 1.54 bits per heavy atom. The smallest absolute Gasteiger partial charge is 0.224 e. The molecule has 0 fully saturated rings. The van der Waals surface area contributed by atoms with Gasteiger partial charge in [-0.3, -0.25) is 0 Å². The van der Waals surface area contributed by atoms with Crippen LogP contribution < -0.4 is 4.57 Å². The molecule has 0 N–H and O–H groups in total. The predicted octanol–water partition coefficient (Wildman–Crippen LogP) is 8.69. The fourth-order valence-corrected chi connectivity index (χ4v) is 6.49. The van der Waals surface area contributed by atoms with Crippen LogP contribution in [0.4, 0.5) is 0 Å². The molecule has 0 atom stereocenters. The second-order valence-electron chi connectivity index (χ2n) is 12.1. The summed E-state index contributed by atoms with van der Waals surface area (Å²) in [7, 11) is 2.20. The topological polar surface area (TPSA) is 8.29 Å². The first kappa shape index (κ1) is 22.3. The van der Waals surface area contributed by atoms with E-state index >= 15 is 0 Å². The van der Waals surface area contributed by atoms with Gasteiger partial charge in [-0.05, 0) is 77.1 Å². The summed E-state index contributed by atoms with van der Waals surface area (Å²) < 4.78 is 4.90. The molecule has 0 aliphatic heterocycles. The Bertz CT molecular complexity index is 2000. The van der Waals surface area contributed by atoms with Crippen LogP contribution in [0.1, 0.15) is 37.5 Å². The minimum atomic E-state index is 0.220. The summed E-state index contributed by atoms with van der Waals surface area (Å²) in [6.45, 7) is 11.5. The molecule has 4 aromatic carbocycles. The number of nitrogens with zero attached hydrogens (tertiary/aromatic N) is 2. The van der Waals surface area contributed by atoms with Crippen molar-refractivity contribution in [3.8, 4) is 11.1 Å². The second-order valence-corrected chi connectivity index (χ2v) is 12.1. The van der Waals surface area contributed by atoms with Gasteiger partial charge in [0.1, 0.15) is 7.05 Å². The molecule has 0 saturated carbocycles. The van der Waals surface area contributed by atoms with Gasteiger partial charge in [0.25, 0.3) is 0 Å². The first-order chi connectivity index (χ1) is 17.7. The van der Waals surface area contributed by atoms with Crippen LogP contribution in [-0.4, -0.2) is 4.40 Å². The van der Waals surface area contributed by atoms with E-state index < -0.39 is 0 Å². The van der Waals surface area contributed by atoms with E-state index in [1.807, 2.05) is 0 Å².